The van der Waals surface area contributed by atoms with E-state index in [2.05, 4.69) is 10.3 Å². The van der Waals surface area contributed by atoms with Gasteiger partial charge in [0.15, 0.2) is 0 Å². The Morgan fingerprint density at radius 2 is 1.96 bits per heavy atom. The lowest BCUT2D eigenvalue weighted by molar-refractivity contribution is -0.143. The number of hydrogen-bond donors (Lipinski definition) is 2. The Labute approximate surface area is 154 Å². The standard InChI is InChI=1S/C20H19F3N2O2/c1-27-19(26)18(10-14-12-25-17-8-3-2-7-16(14)17)24-11-13-5-4-6-15(9-13)20(21,22)23/h2-9,12,18,24-25H,10-11H2,1H3/t18-/m0/s1. The highest BCUT2D eigenvalue weighted by Crippen LogP contribution is 2.29. The Balaban J connectivity index is 1.75. The molecule has 0 saturated carbocycles. The van der Waals surface area contributed by atoms with Crippen LogP contribution in [0, 0.1) is 0 Å². The van der Waals surface area contributed by atoms with E-state index < -0.39 is 23.8 Å². The van der Waals surface area contributed by atoms with Crippen LogP contribution in [0.25, 0.3) is 10.9 Å². The Kier molecular flexibility index (Phi) is 5.51. The molecule has 0 spiro atoms. The summed E-state index contributed by atoms with van der Waals surface area (Å²) in [5, 5.41) is 4.01. The third-order valence-electron chi connectivity index (χ3n) is 4.39. The molecule has 1 heterocycles. The van der Waals surface area contributed by atoms with E-state index in [1.807, 2.05) is 30.5 Å². The Bertz CT molecular complexity index is 934. The van der Waals surface area contributed by atoms with Gasteiger partial charge in [-0.05, 0) is 23.3 Å². The molecule has 2 aromatic carbocycles. The number of hydrogen-bond acceptors (Lipinski definition) is 3. The van der Waals surface area contributed by atoms with Crippen LogP contribution in [0.15, 0.2) is 54.7 Å². The number of fused-ring (bicyclic) bond motifs is 1. The van der Waals surface area contributed by atoms with Gasteiger partial charge in [-0.3, -0.25) is 4.79 Å². The van der Waals surface area contributed by atoms with Crippen molar-refractivity contribution in [1.29, 1.82) is 0 Å². The summed E-state index contributed by atoms with van der Waals surface area (Å²) in [5.74, 6) is -0.466. The molecule has 1 aromatic heterocycles. The SMILES string of the molecule is COC(=O)[C@H](Cc1c[nH]c2ccccc12)NCc1cccc(C(F)(F)F)c1. The topological polar surface area (TPSA) is 54.1 Å². The molecule has 3 aromatic rings. The number of H-pyrrole nitrogens is 1. The van der Waals surface area contributed by atoms with Crippen molar-refractivity contribution in [3.8, 4) is 0 Å². The lowest BCUT2D eigenvalue weighted by atomic mass is 10.0. The van der Waals surface area contributed by atoms with E-state index in [0.717, 1.165) is 28.6 Å². The molecule has 0 fully saturated rings. The van der Waals surface area contributed by atoms with E-state index in [4.69, 9.17) is 4.74 Å². The average Bonchev–Trinajstić information content (AvgIpc) is 3.07. The summed E-state index contributed by atoms with van der Waals surface area (Å²) in [6, 6.07) is 12.1. The van der Waals surface area contributed by atoms with Crippen molar-refractivity contribution >= 4 is 16.9 Å². The second-order valence-corrected chi connectivity index (χ2v) is 6.22. The van der Waals surface area contributed by atoms with Gasteiger partial charge in [0.1, 0.15) is 6.04 Å². The maximum atomic E-state index is 12.9. The third kappa shape index (κ3) is 4.49. The van der Waals surface area contributed by atoms with Crippen LogP contribution in [0.4, 0.5) is 13.2 Å². The first kappa shape index (κ1) is 19.0. The molecule has 0 amide bonds. The number of aromatic nitrogens is 1. The molecule has 0 aliphatic carbocycles. The number of carbonyl (C=O) groups is 1. The number of esters is 1. The van der Waals surface area contributed by atoms with Gasteiger partial charge in [0.25, 0.3) is 0 Å². The quantitative estimate of drug-likeness (QED) is 0.638. The number of nitrogens with one attached hydrogen (secondary N) is 2. The molecule has 3 rings (SSSR count). The molecule has 27 heavy (non-hydrogen) atoms. The molecule has 0 unspecified atom stereocenters. The van der Waals surface area contributed by atoms with Gasteiger partial charge in [0.05, 0.1) is 12.7 Å². The van der Waals surface area contributed by atoms with Gasteiger partial charge >= 0.3 is 12.1 Å². The maximum Gasteiger partial charge on any atom is 0.416 e. The predicted octanol–water partition coefficient (Wildman–Crippen LogP) is 4.06. The molecule has 2 N–H and O–H groups in total. The molecule has 142 valence electrons. The molecule has 0 radical (unpaired) electrons. The number of benzene rings is 2. The Morgan fingerprint density at radius 1 is 1.19 bits per heavy atom. The van der Waals surface area contributed by atoms with Crippen LogP contribution in [0.3, 0.4) is 0 Å². The molecule has 4 nitrogen and oxygen atoms in total. The van der Waals surface area contributed by atoms with Crippen molar-refractivity contribution in [3.63, 3.8) is 0 Å². The number of aromatic amines is 1. The van der Waals surface area contributed by atoms with Crippen LogP contribution in [0.1, 0.15) is 16.7 Å². The number of para-hydroxylation sites is 1. The number of methoxy groups -OCH3 is 1. The number of halogens is 3. The zero-order chi connectivity index (χ0) is 19.4. The third-order valence-corrected chi connectivity index (χ3v) is 4.39. The monoisotopic (exact) mass is 376 g/mol. The van der Waals surface area contributed by atoms with Gasteiger partial charge in [-0.2, -0.15) is 13.2 Å². The predicted molar refractivity (Wildman–Crippen MR) is 96.1 cm³/mol. The summed E-state index contributed by atoms with van der Waals surface area (Å²) >= 11 is 0. The largest absolute Gasteiger partial charge is 0.468 e. The van der Waals surface area contributed by atoms with Crippen LogP contribution in [0.5, 0.6) is 0 Å². The van der Waals surface area contributed by atoms with Crippen molar-refractivity contribution in [2.75, 3.05) is 7.11 Å². The molecular weight excluding hydrogens is 357 g/mol. The minimum absolute atomic E-state index is 0.117. The minimum atomic E-state index is -4.40. The van der Waals surface area contributed by atoms with E-state index in [1.165, 1.54) is 13.2 Å². The van der Waals surface area contributed by atoms with Crippen molar-refractivity contribution < 1.29 is 22.7 Å². The smallest absolute Gasteiger partial charge is 0.416 e. The van der Waals surface area contributed by atoms with Crippen LogP contribution >= 0.6 is 0 Å². The second kappa shape index (κ2) is 7.84. The summed E-state index contributed by atoms with van der Waals surface area (Å²) in [7, 11) is 1.29. The highest BCUT2D eigenvalue weighted by atomic mass is 19.4. The van der Waals surface area contributed by atoms with Gasteiger partial charge in [-0.1, -0.05) is 36.4 Å². The van der Waals surface area contributed by atoms with Crippen molar-refractivity contribution in [2.45, 2.75) is 25.2 Å². The summed E-state index contributed by atoms with van der Waals surface area (Å²) in [6.07, 6.45) is -2.22. The van der Waals surface area contributed by atoms with E-state index in [1.54, 1.807) is 6.07 Å². The fourth-order valence-electron chi connectivity index (χ4n) is 3.00. The summed E-state index contributed by atoms with van der Waals surface area (Å²) < 4.78 is 43.4. The molecule has 7 heteroatoms. The van der Waals surface area contributed by atoms with Gasteiger partial charge in [0, 0.05) is 30.1 Å². The minimum Gasteiger partial charge on any atom is -0.468 e. The fourth-order valence-corrected chi connectivity index (χ4v) is 3.00. The van der Waals surface area contributed by atoms with Crippen molar-refractivity contribution in [2.24, 2.45) is 0 Å². The molecule has 0 aliphatic heterocycles. The van der Waals surface area contributed by atoms with E-state index in [-0.39, 0.29) is 6.54 Å². The highest BCUT2D eigenvalue weighted by molar-refractivity contribution is 5.84. The first-order valence-corrected chi connectivity index (χ1v) is 8.41. The van der Waals surface area contributed by atoms with Crippen LogP contribution in [0.2, 0.25) is 0 Å². The Morgan fingerprint density at radius 3 is 2.70 bits per heavy atom. The van der Waals surface area contributed by atoms with Crippen molar-refractivity contribution in [1.82, 2.24) is 10.3 Å². The first-order valence-electron chi connectivity index (χ1n) is 8.41. The van der Waals surface area contributed by atoms with Crippen LogP contribution in [-0.4, -0.2) is 24.1 Å². The number of ether oxygens (including phenoxy) is 1. The normalized spacial score (nSPS) is 12.9. The molecule has 1 atom stereocenters. The summed E-state index contributed by atoms with van der Waals surface area (Å²) in [6.45, 7) is 0.117. The zero-order valence-electron chi connectivity index (χ0n) is 14.6. The summed E-state index contributed by atoms with van der Waals surface area (Å²) in [4.78, 5) is 15.3. The average molecular weight is 376 g/mol. The van der Waals surface area contributed by atoms with E-state index in [9.17, 15) is 18.0 Å². The molecule has 0 aliphatic rings. The fraction of sp³-hybridized carbons (Fsp3) is 0.250. The summed E-state index contributed by atoms with van der Waals surface area (Å²) in [5.41, 5.74) is 1.61. The van der Waals surface area contributed by atoms with Gasteiger partial charge in [-0.25, -0.2) is 0 Å². The molecule has 0 saturated heterocycles. The highest BCUT2D eigenvalue weighted by Gasteiger charge is 2.30. The van der Waals surface area contributed by atoms with Gasteiger partial charge in [0.2, 0.25) is 0 Å². The molecular formula is C20H19F3N2O2. The zero-order valence-corrected chi connectivity index (χ0v) is 14.6. The van der Waals surface area contributed by atoms with Gasteiger partial charge in [-0.15, -0.1) is 0 Å². The lowest BCUT2D eigenvalue weighted by Gasteiger charge is -2.17. The number of alkyl halides is 3. The maximum absolute atomic E-state index is 12.9. The second-order valence-electron chi connectivity index (χ2n) is 6.22. The Hall–Kier alpha value is -2.80. The van der Waals surface area contributed by atoms with E-state index in [0.29, 0.717) is 12.0 Å². The van der Waals surface area contributed by atoms with Gasteiger partial charge < -0.3 is 15.0 Å². The van der Waals surface area contributed by atoms with E-state index >= 15 is 0 Å². The number of rotatable bonds is 6. The van der Waals surface area contributed by atoms with Crippen LogP contribution in [-0.2, 0) is 28.7 Å². The van der Waals surface area contributed by atoms with Crippen molar-refractivity contribution in [3.05, 3.63) is 71.4 Å². The first-order chi connectivity index (χ1) is 12.9. The van der Waals surface area contributed by atoms with Crippen LogP contribution < -0.4 is 5.32 Å². The number of carbonyl (C=O) groups excluding carboxylic acids is 1. The molecule has 0 bridgehead atoms. The lowest BCUT2D eigenvalue weighted by Crippen LogP contribution is -2.39.